The van der Waals surface area contributed by atoms with E-state index in [9.17, 15) is 4.79 Å². The van der Waals surface area contributed by atoms with Gasteiger partial charge in [0.2, 0.25) is 5.91 Å². The molecule has 3 heterocycles. The van der Waals surface area contributed by atoms with Gasteiger partial charge in [0.05, 0.1) is 14.2 Å². The van der Waals surface area contributed by atoms with Gasteiger partial charge in [-0.2, -0.15) is 0 Å². The van der Waals surface area contributed by atoms with Gasteiger partial charge < -0.3 is 25.1 Å². The van der Waals surface area contributed by atoms with Crippen molar-refractivity contribution >= 4 is 22.6 Å². The van der Waals surface area contributed by atoms with Crippen LogP contribution in [0.15, 0.2) is 54.9 Å². The minimum absolute atomic E-state index is 0.406. The average molecular weight is 472 g/mol. The van der Waals surface area contributed by atoms with Crippen LogP contribution in [0, 0.1) is 5.92 Å². The first-order valence-electron chi connectivity index (χ1n) is 11.8. The Morgan fingerprint density at radius 2 is 1.94 bits per heavy atom. The molecule has 8 nitrogen and oxygen atoms in total. The summed E-state index contributed by atoms with van der Waals surface area (Å²) in [5, 5.41) is 1.17. The molecule has 1 amide bonds. The number of methoxy groups -OCH3 is 2. The highest BCUT2D eigenvalue weighted by molar-refractivity contribution is 5.95. The Morgan fingerprint density at radius 1 is 1.11 bits per heavy atom. The van der Waals surface area contributed by atoms with Crippen LogP contribution >= 0.6 is 0 Å². The number of H-pyrrole nitrogens is 1. The van der Waals surface area contributed by atoms with Gasteiger partial charge in [0, 0.05) is 53.8 Å². The highest BCUT2D eigenvalue weighted by atomic mass is 16.5. The van der Waals surface area contributed by atoms with Crippen molar-refractivity contribution in [2.45, 2.75) is 19.3 Å². The number of nitrogens with two attached hydrogens (primary N) is 1. The molecule has 35 heavy (non-hydrogen) atoms. The number of anilines is 1. The fourth-order valence-electron chi connectivity index (χ4n) is 4.86. The van der Waals surface area contributed by atoms with Crippen LogP contribution in [0.1, 0.15) is 28.8 Å². The third-order valence-corrected chi connectivity index (χ3v) is 6.79. The van der Waals surface area contributed by atoms with Gasteiger partial charge in [0.15, 0.2) is 5.82 Å². The number of ether oxygens (including phenoxy) is 2. The molecule has 0 spiro atoms. The van der Waals surface area contributed by atoms with Crippen molar-refractivity contribution in [2.24, 2.45) is 11.7 Å². The number of fused-ring (bicyclic) bond motifs is 1. The Balaban J connectivity index is 1.30. The summed E-state index contributed by atoms with van der Waals surface area (Å²) in [5.41, 5.74) is 9.05. The van der Waals surface area contributed by atoms with Crippen LogP contribution in [-0.4, -0.2) is 48.2 Å². The third kappa shape index (κ3) is 4.64. The first kappa shape index (κ1) is 22.7. The van der Waals surface area contributed by atoms with Crippen molar-refractivity contribution in [3.8, 4) is 22.9 Å². The zero-order chi connectivity index (χ0) is 24.4. The molecule has 1 saturated heterocycles. The van der Waals surface area contributed by atoms with Crippen LogP contribution in [0.4, 0.5) is 5.82 Å². The molecule has 5 rings (SSSR count). The standard InChI is InChI=1S/C27H29N5O3/c1-34-20-15-22(26(28)33)21(24(16-20)35-2)13-17-7-11-32(12-8-17)25-6-10-30-27(31-25)19-4-3-18-5-9-29-23(18)14-19/h3-6,9-10,14-17,29H,7-8,11-13H2,1-2H3,(H2,28,33). The van der Waals surface area contributed by atoms with E-state index in [4.69, 9.17) is 20.2 Å². The summed E-state index contributed by atoms with van der Waals surface area (Å²) >= 11 is 0. The van der Waals surface area contributed by atoms with Crippen molar-refractivity contribution in [1.29, 1.82) is 0 Å². The number of primary amides is 1. The van der Waals surface area contributed by atoms with Crippen molar-refractivity contribution in [3.05, 3.63) is 66.0 Å². The second kappa shape index (κ2) is 9.66. The summed E-state index contributed by atoms with van der Waals surface area (Å²) in [6, 6.07) is 13.7. The molecule has 1 aliphatic rings. The molecule has 3 N–H and O–H groups in total. The van der Waals surface area contributed by atoms with E-state index >= 15 is 0 Å². The molecule has 0 bridgehead atoms. The van der Waals surface area contributed by atoms with Gasteiger partial charge in [-0.15, -0.1) is 0 Å². The van der Waals surface area contributed by atoms with Gasteiger partial charge in [-0.1, -0.05) is 12.1 Å². The highest BCUT2D eigenvalue weighted by Crippen LogP contribution is 2.34. The third-order valence-electron chi connectivity index (χ3n) is 6.79. The van der Waals surface area contributed by atoms with Crippen LogP contribution in [0.3, 0.4) is 0 Å². The summed E-state index contributed by atoms with van der Waals surface area (Å²) in [4.78, 5) is 27.0. The van der Waals surface area contributed by atoms with Gasteiger partial charge in [0.25, 0.3) is 0 Å². The second-order valence-electron chi connectivity index (χ2n) is 8.87. The predicted octanol–water partition coefficient (Wildman–Crippen LogP) is 4.20. The monoisotopic (exact) mass is 471 g/mol. The summed E-state index contributed by atoms with van der Waals surface area (Å²) in [6.45, 7) is 1.75. The molecule has 2 aromatic heterocycles. The minimum atomic E-state index is -0.472. The van der Waals surface area contributed by atoms with E-state index in [1.807, 2.05) is 24.5 Å². The van der Waals surface area contributed by atoms with E-state index in [2.05, 4.69) is 39.1 Å². The number of benzene rings is 2. The number of carbonyl (C=O) groups is 1. The molecule has 0 atom stereocenters. The summed E-state index contributed by atoms with van der Waals surface area (Å²) in [7, 11) is 3.16. The lowest BCUT2D eigenvalue weighted by molar-refractivity contribution is 0.0998. The predicted molar refractivity (Wildman–Crippen MR) is 136 cm³/mol. The van der Waals surface area contributed by atoms with Crippen LogP contribution in [0.25, 0.3) is 22.3 Å². The molecule has 8 heteroatoms. The summed E-state index contributed by atoms with van der Waals surface area (Å²) in [6.07, 6.45) is 6.43. The normalized spacial score (nSPS) is 14.3. The largest absolute Gasteiger partial charge is 0.497 e. The molecule has 0 aliphatic carbocycles. The summed E-state index contributed by atoms with van der Waals surface area (Å²) < 4.78 is 10.9. The Labute approximate surface area is 204 Å². The molecule has 4 aromatic rings. The van der Waals surface area contributed by atoms with E-state index in [0.717, 1.165) is 60.6 Å². The molecular weight excluding hydrogens is 442 g/mol. The van der Waals surface area contributed by atoms with E-state index in [1.165, 1.54) is 5.39 Å². The fourth-order valence-corrected chi connectivity index (χ4v) is 4.86. The lowest BCUT2D eigenvalue weighted by atomic mass is 9.87. The maximum atomic E-state index is 12.1. The van der Waals surface area contributed by atoms with Gasteiger partial charge in [-0.25, -0.2) is 9.97 Å². The number of hydrogen-bond acceptors (Lipinski definition) is 6. The van der Waals surface area contributed by atoms with E-state index in [-0.39, 0.29) is 0 Å². The lowest BCUT2D eigenvalue weighted by Gasteiger charge is -2.33. The zero-order valence-electron chi connectivity index (χ0n) is 20.0. The second-order valence-corrected chi connectivity index (χ2v) is 8.87. The average Bonchev–Trinajstić information content (AvgIpc) is 3.37. The van der Waals surface area contributed by atoms with Crippen molar-refractivity contribution in [2.75, 3.05) is 32.2 Å². The Hall–Kier alpha value is -4.07. The number of hydrogen-bond donors (Lipinski definition) is 2. The quantitative estimate of drug-likeness (QED) is 0.418. The highest BCUT2D eigenvalue weighted by Gasteiger charge is 2.25. The maximum absolute atomic E-state index is 12.1. The molecule has 0 radical (unpaired) electrons. The number of piperidine rings is 1. The van der Waals surface area contributed by atoms with Gasteiger partial charge in [-0.3, -0.25) is 4.79 Å². The Morgan fingerprint density at radius 3 is 2.69 bits per heavy atom. The lowest BCUT2D eigenvalue weighted by Crippen LogP contribution is -2.35. The first-order chi connectivity index (χ1) is 17.1. The fraction of sp³-hybridized carbons (Fsp3) is 0.296. The van der Waals surface area contributed by atoms with E-state index < -0.39 is 5.91 Å². The van der Waals surface area contributed by atoms with Crippen LogP contribution in [-0.2, 0) is 6.42 Å². The number of aromatic amines is 1. The Kier molecular flexibility index (Phi) is 6.27. The van der Waals surface area contributed by atoms with Crippen LogP contribution < -0.4 is 20.1 Å². The minimum Gasteiger partial charge on any atom is -0.497 e. The number of carbonyl (C=O) groups excluding carboxylic acids is 1. The van der Waals surface area contributed by atoms with Crippen molar-refractivity contribution < 1.29 is 14.3 Å². The first-order valence-corrected chi connectivity index (χ1v) is 11.8. The van der Waals surface area contributed by atoms with E-state index in [1.54, 1.807) is 20.3 Å². The molecular formula is C27H29N5O3. The molecule has 0 unspecified atom stereocenters. The topological polar surface area (TPSA) is 106 Å². The molecule has 180 valence electrons. The molecule has 0 saturated carbocycles. The smallest absolute Gasteiger partial charge is 0.249 e. The summed E-state index contributed by atoms with van der Waals surface area (Å²) in [5.74, 6) is 2.78. The van der Waals surface area contributed by atoms with Crippen LogP contribution in [0.5, 0.6) is 11.5 Å². The van der Waals surface area contributed by atoms with Gasteiger partial charge >= 0.3 is 0 Å². The number of aromatic nitrogens is 3. The van der Waals surface area contributed by atoms with Gasteiger partial charge in [0.1, 0.15) is 17.3 Å². The maximum Gasteiger partial charge on any atom is 0.249 e. The van der Waals surface area contributed by atoms with Gasteiger partial charge in [-0.05, 0) is 54.8 Å². The number of nitrogens with zero attached hydrogens (tertiary/aromatic N) is 3. The molecule has 2 aromatic carbocycles. The van der Waals surface area contributed by atoms with Crippen molar-refractivity contribution in [1.82, 2.24) is 15.0 Å². The molecule has 1 fully saturated rings. The number of nitrogens with one attached hydrogen (secondary N) is 1. The number of amides is 1. The molecule has 1 aliphatic heterocycles. The Bertz CT molecular complexity index is 1360. The van der Waals surface area contributed by atoms with E-state index in [0.29, 0.717) is 23.0 Å². The number of rotatable bonds is 7. The van der Waals surface area contributed by atoms with Crippen LogP contribution in [0.2, 0.25) is 0 Å². The van der Waals surface area contributed by atoms with Crippen molar-refractivity contribution in [3.63, 3.8) is 0 Å². The zero-order valence-corrected chi connectivity index (χ0v) is 20.0. The SMILES string of the molecule is COc1cc(OC)c(CC2CCN(c3ccnc(-c4ccc5cc[nH]c5c4)n3)CC2)c(C(N)=O)c1.